The van der Waals surface area contributed by atoms with Gasteiger partial charge in [-0.3, -0.25) is 4.79 Å². The van der Waals surface area contributed by atoms with Gasteiger partial charge in [-0.15, -0.1) is 0 Å². The van der Waals surface area contributed by atoms with E-state index in [1.165, 1.54) is 0 Å². The standard InChI is InChI=1S/C20H22BrNO5/c1-4-25-17-9-7-14(11-18(17)26-5-2)20(24)27-12-19(23)22-16-8-6-13(3)10-15(16)21/h6-11H,4-5,12H2,1-3H3,(H,22,23). The molecular formula is C20H22BrNO5. The summed E-state index contributed by atoms with van der Waals surface area (Å²) in [4.78, 5) is 24.3. The van der Waals surface area contributed by atoms with Crippen LogP contribution in [-0.4, -0.2) is 31.7 Å². The molecule has 0 fully saturated rings. The highest BCUT2D eigenvalue weighted by Crippen LogP contribution is 2.29. The van der Waals surface area contributed by atoms with E-state index in [0.29, 0.717) is 30.4 Å². The third-order valence-electron chi connectivity index (χ3n) is 3.51. The number of benzene rings is 2. The lowest BCUT2D eigenvalue weighted by molar-refractivity contribution is -0.119. The molecule has 2 aromatic rings. The molecule has 0 saturated carbocycles. The minimum atomic E-state index is -0.614. The Bertz CT molecular complexity index is 822. The first-order valence-electron chi connectivity index (χ1n) is 8.57. The molecule has 0 aromatic heterocycles. The van der Waals surface area contributed by atoms with Crippen LogP contribution in [0.4, 0.5) is 5.69 Å². The fourth-order valence-corrected chi connectivity index (χ4v) is 2.89. The summed E-state index contributed by atoms with van der Waals surface area (Å²) in [6.45, 7) is 6.18. The van der Waals surface area contributed by atoms with Gasteiger partial charge in [-0.2, -0.15) is 0 Å². The van der Waals surface area contributed by atoms with Crippen molar-refractivity contribution in [2.75, 3.05) is 25.1 Å². The van der Waals surface area contributed by atoms with E-state index in [2.05, 4.69) is 21.2 Å². The van der Waals surface area contributed by atoms with Crippen LogP contribution >= 0.6 is 15.9 Å². The first-order valence-corrected chi connectivity index (χ1v) is 9.36. The SMILES string of the molecule is CCOc1ccc(C(=O)OCC(=O)Nc2ccc(C)cc2Br)cc1OCC. The van der Waals surface area contributed by atoms with Crippen molar-refractivity contribution in [2.45, 2.75) is 20.8 Å². The molecule has 7 heteroatoms. The van der Waals surface area contributed by atoms with Gasteiger partial charge in [0.15, 0.2) is 18.1 Å². The summed E-state index contributed by atoms with van der Waals surface area (Å²) in [5, 5.41) is 2.69. The molecule has 0 atom stereocenters. The summed E-state index contributed by atoms with van der Waals surface area (Å²) in [7, 11) is 0. The van der Waals surface area contributed by atoms with Gasteiger partial charge in [0.25, 0.3) is 5.91 Å². The molecule has 0 unspecified atom stereocenters. The fourth-order valence-electron chi connectivity index (χ4n) is 2.30. The van der Waals surface area contributed by atoms with Crippen LogP contribution in [0.25, 0.3) is 0 Å². The Kier molecular flexibility index (Phi) is 7.67. The molecule has 0 heterocycles. The largest absolute Gasteiger partial charge is 0.490 e. The minimum Gasteiger partial charge on any atom is -0.490 e. The fraction of sp³-hybridized carbons (Fsp3) is 0.300. The second-order valence-electron chi connectivity index (χ2n) is 5.64. The van der Waals surface area contributed by atoms with E-state index in [1.807, 2.05) is 32.9 Å². The average Bonchev–Trinajstić information content (AvgIpc) is 2.64. The van der Waals surface area contributed by atoms with Crippen LogP contribution < -0.4 is 14.8 Å². The van der Waals surface area contributed by atoms with E-state index < -0.39 is 18.5 Å². The zero-order valence-corrected chi connectivity index (χ0v) is 17.1. The zero-order chi connectivity index (χ0) is 19.8. The third kappa shape index (κ3) is 5.99. The zero-order valence-electron chi connectivity index (χ0n) is 15.5. The molecule has 0 spiro atoms. The molecule has 2 aromatic carbocycles. The van der Waals surface area contributed by atoms with Gasteiger partial charge in [-0.05, 0) is 72.6 Å². The molecule has 0 radical (unpaired) electrons. The van der Waals surface area contributed by atoms with E-state index in [1.54, 1.807) is 24.3 Å². The number of esters is 1. The number of halogens is 1. The number of ether oxygens (including phenoxy) is 3. The van der Waals surface area contributed by atoms with Crippen LogP contribution in [-0.2, 0) is 9.53 Å². The Morgan fingerprint density at radius 2 is 1.70 bits per heavy atom. The molecular weight excluding hydrogens is 414 g/mol. The predicted molar refractivity (Wildman–Crippen MR) is 107 cm³/mol. The number of hydrogen-bond donors (Lipinski definition) is 1. The minimum absolute atomic E-state index is 0.284. The van der Waals surface area contributed by atoms with Crippen LogP contribution in [0.3, 0.4) is 0 Å². The number of aryl methyl sites for hydroxylation is 1. The molecule has 1 N–H and O–H groups in total. The summed E-state index contributed by atoms with van der Waals surface area (Å²) in [6.07, 6.45) is 0. The molecule has 144 valence electrons. The monoisotopic (exact) mass is 435 g/mol. The van der Waals surface area contributed by atoms with Crippen LogP contribution in [0, 0.1) is 6.92 Å². The van der Waals surface area contributed by atoms with E-state index >= 15 is 0 Å². The predicted octanol–water partition coefficient (Wildman–Crippen LogP) is 4.35. The maximum absolute atomic E-state index is 12.2. The van der Waals surface area contributed by atoms with Crippen molar-refractivity contribution in [3.63, 3.8) is 0 Å². The van der Waals surface area contributed by atoms with Crippen LogP contribution in [0.5, 0.6) is 11.5 Å². The van der Waals surface area contributed by atoms with E-state index in [9.17, 15) is 9.59 Å². The molecule has 0 aliphatic carbocycles. The van der Waals surface area contributed by atoms with Crippen molar-refractivity contribution in [1.82, 2.24) is 0 Å². The Balaban J connectivity index is 1.98. The number of anilines is 1. The lowest BCUT2D eigenvalue weighted by atomic mass is 10.2. The number of hydrogen-bond acceptors (Lipinski definition) is 5. The topological polar surface area (TPSA) is 73.9 Å². The summed E-state index contributed by atoms with van der Waals surface area (Å²) < 4.78 is 16.8. The van der Waals surface area contributed by atoms with Gasteiger partial charge in [0, 0.05) is 4.47 Å². The molecule has 0 saturated heterocycles. The van der Waals surface area contributed by atoms with Crippen molar-refractivity contribution < 1.29 is 23.8 Å². The number of carbonyl (C=O) groups is 2. The van der Waals surface area contributed by atoms with Crippen molar-refractivity contribution in [1.29, 1.82) is 0 Å². The van der Waals surface area contributed by atoms with Gasteiger partial charge in [-0.25, -0.2) is 4.79 Å². The number of amides is 1. The number of nitrogens with one attached hydrogen (secondary N) is 1. The summed E-state index contributed by atoms with van der Waals surface area (Å²) in [6, 6.07) is 10.3. The Morgan fingerprint density at radius 3 is 2.37 bits per heavy atom. The smallest absolute Gasteiger partial charge is 0.338 e. The number of rotatable bonds is 8. The lowest BCUT2D eigenvalue weighted by Gasteiger charge is -2.12. The third-order valence-corrected chi connectivity index (χ3v) is 4.17. The van der Waals surface area contributed by atoms with Crippen molar-refractivity contribution in [2.24, 2.45) is 0 Å². The Labute approximate surface area is 166 Å². The van der Waals surface area contributed by atoms with Gasteiger partial charge in [0.2, 0.25) is 0 Å². The van der Waals surface area contributed by atoms with Crippen LogP contribution in [0.15, 0.2) is 40.9 Å². The average molecular weight is 436 g/mol. The lowest BCUT2D eigenvalue weighted by Crippen LogP contribution is -2.21. The molecule has 0 bridgehead atoms. The van der Waals surface area contributed by atoms with Gasteiger partial charge < -0.3 is 19.5 Å². The van der Waals surface area contributed by atoms with Gasteiger partial charge in [0.1, 0.15) is 0 Å². The molecule has 2 rings (SSSR count). The highest BCUT2D eigenvalue weighted by molar-refractivity contribution is 9.10. The van der Waals surface area contributed by atoms with E-state index in [0.717, 1.165) is 10.0 Å². The molecule has 0 aliphatic heterocycles. The van der Waals surface area contributed by atoms with Gasteiger partial charge in [-0.1, -0.05) is 6.07 Å². The van der Waals surface area contributed by atoms with Crippen molar-refractivity contribution >= 4 is 33.5 Å². The van der Waals surface area contributed by atoms with Gasteiger partial charge >= 0.3 is 5.97 Å². The Morgan fingerprint density at radius 1 is 1.00 bits per heavy atom. The van der Waals surface area contributed by atoms with Crippen LogP contribution in [0.1, 0.15) is 29.8 Å². The summed E-state index contributed by atoms with van der Waals surface area (Å²) in [5.41, 5.74) is 1.96. The normalized spacial score (nSPS) is 10.2. The molecule has 0 aliphatic rings. The first kappa shape index (κ1) is 20.8. The van der Waals surface area contributed by atoms with E-state index in [-0.39, 0.29) is 5.56 Å². The quantitative estimate of drug-likeness (QED) is 0.623. The van der Waals surface area contributed by atoms with E-state index in [4.69, 9.17) is 14.2 Å². The highest BCUT2D eigenvalue weighted by Gasteiger charge is 2.15. The van der Waals surface area contributed by atoms with Crippen molar-refractivity contribution in [3.8, 4) is 11.5 Å². The van der Waals surface area contributed by atoms with Crippen LogP contribution in [0.2, 0.25) is 0 Å². The summed E-state index contributed by atoms with van der Waals surface area (Å²) in [5.74, 6) is -0.0271. The second-order valence-corrected chi connectivity index (χ2v) is 6.49. The number of carbonyl (C=O) groups excluding carboxylic acids is 2. The highest BCUT2D eigenvalue weighted by atomic mass is 79.9. The first-order chi connectivity index (χ1) is 12.9. The van der Waals surface area contributed by atoms with Crippen molar-refractivity contribution in [3.05, 3.63) is 52.0 Å². The molecule has 27 heavy (non-hydrogen) atoms. The second kappa shape index (κ2) is 9.97. The Hall–Kier alpha value is -2.54. The van der Waals surface area contributed by atoms with Gasteiger partial charge in [0.05, 0.1) is 24.5 Å². The summed E-state index contributed by atoms with van der Waals surface area (Å²) >= 11 is 3.39. The molecule has 6 nitrogen and oxygen atoms in total. The maximum atomic E-state index is 12.2. The molecule has 1 amide bonds. The maximum Gasteiger partial charge on any atom is 0.338 e.